The van der Waals surface area contributed by atoms with Gasteiger partial charge in [-0.15, -0.1) is 0 Å². The number of anilines is 4. The SMILES string of the molecule is Fc1cnc(Nc2cc(Cl)cc(Cl)c2)nc1Nc1ccc2c(c1)OCCO2. The highest BCUT2D eigenvalue weighted by Crippen LogP contribution is 2.34. The van der Waals surface area contributed by atoms with Gasteiger partial charge in [-0.2, -0.15) is 4.98 Å². The van der Waals surface area contributed by atoms with Crippen LogP contribution in [0.4, 0.5) is 27.5 Å². The number of hydrogen-bond donors (Lipinski definition) is 2. The molecular formula is C18H13Cl2FN4O2. The van der Waals surface area contributed by atoms with Crippen molar-refractivity contribution in [2.45, 2.75) is 0 Å². The Balaban J connectivity index is 1.57. The van der Waals surface area contributed by atoms with Gasteiger partial charge in [0.25, 0.3) is 0 Å². The van der Waals surface area contributed by atoms with Gasteiger partial charge in [-0.25, -0.2) is 9.37 Å². The highest BCUT2D eigenvalue weighted by molar-refractivity contribution is 6.35. The Morgan fingerprint density at radius 1 is 0.889 bits per heavy atom. The Labute approximate surface area is 164 Å². The van der Waals surface area contributed by atoms with Gasteiger partial charge in [-0.1, -0.05) is 23.2 Å². The van der Waals surface area contributed by atoms with Crippen LogP contribution in [0.5, 0.6) is 11.5 Å². The largest absolute Gasteiger partial charge is 0.486 e. The van der Waals surface area contributed by atoms with Crippen LogP contribution in [0.25, 0.3) is 0 Å². The molecule has 9 heteroatoms. The maximum Gasteiger partial charge on any atom is 0.229 e. The lowest BCUT2D eigenvalue weighted by Crippen LogP contribution is -2.15. The molecular weight excluding hydrogens is 394 g/mol. The number of nitrogens with zero attached hydrogens (tertiary/aromatic N) is 2. The molecule has 2 heterocycles. The molecule has 0 fully saturated rings. The van der Waals surface area contributed by atoms with Crippen molar-refractivity contribution in [2.24, 2.45) is 0 Å². The van der Waals surface area contributed by atoms with Crippen LogP contribution in [0.3, 0.4) is 0 Å². The van der Waals surface area contributed by atoms with Gasteiger partial charge in [-0.05, 0) is 30.3 Å². The Bertz CT molecular complexity index is 983. The summed E-state index contributed by atoms with van der Waals surface area (Å²) in [4.78, 5) is 8.11. The number of ether oxygens (including phenoxy) is 2. The van der Waals surface area contributed by atoms with Gasteiger partial charge in [0.2, 0.25) is 5.95 Å². The van der Waals surface area contributed by atoms with E-state index in [1.54, 1.807) is 36.4 Å². The first-order chi connectivity index (χ1) is 13.1. The van der Waals surface area contributed by atoms with Crippen LogP contribution in [-0.4, -0.2) is 23.2 Å². The van der Waals surface area contributed by atoms with E-state index < -0.39 is 5.82 Å². The van der Waals surface area contributed by atoms with E-state index in [9.17, 15) is 4.39 Å². The zero-order valence-electron chi connectivity index (χ0n) is 13.8. The van der Waals surface area contributed by atoms with Crippen molar-refractivity contribution < 1.29 is 13.9 Å². The predicted octanol–water partition coefficient (Wildman–Crippen LogP) is 5.18. The number of halogens is 3. The molecule has 0 bridgehead atoms. The summed E-state index contributed by atoms with van der Waals surface area (Å²) in [5.41, 5.74) is 1.19. The molecule has 0 saturated heterocycles. The Morgan fingerprint density at radius 2 is 1.63 bits per heavy atom. The second-order valence-corrected chi connectivity index (χ2v) is 6.53. The monoisotopic (exact) mass is 406 g/mol. The molecule has 138 valence electrons. The van der Waals surface area contributed by atoms with Crippen molar-refractivity contribution in [1.29, 1.82) is 0 Å². The van der Waals surface area contributed by atoms with E-state index in [2.05, 4.69) is 20.6 Å². The fourth-order valence-corrected chi connectivity index (χ4v) is 3.05. The molecule has 6 nitrogen and oxygen atoms in total. The van der Waals surface area contributed by atoms with Crippen molar-refractivity contribution in [3.8, 4) is 11.5 Å². The summed E-state index contributed by atoms with van der Waals surface area (Å²) in [5.74, 6) is 0.842. The standard InChI is InChI=1S/C18H13Cl2FN4O2/c19-10-5-11(20)7-13(6-10)24-18-22-9-14(21)17(25-18)23-12-1-2-15-16(8-12)27-4-3-26-15/h1-2,5-9H,3-4H2,(H2,22,23,24,25). The van der Waals surface area contributed by atoms with Crippen molar-refractivity contribution in [1.82, 2.24) is 9.97 Å². The maximum absolute atomic E-state index is 14.1. The average molecular weight is 407 g/mol. The molecule has 3 aromatic rings. The minimum atomic E-state index is -0.598. The number of fused-ring (bicyclic) bond motifs is 1. The third-order valence-electron chi connectivity index (χ3n) is 3.67. The zero-order valence-corrected chi connectivity index (χ0v) is 15.3. The van der Waals surface area contributed by atoms with E-state index in [0.29, 0.717) is 46.1 Å². The van der Waals surface area contributed by atoms with Crippen LogP contribution in [0.15, 0.2) is 42.6 Å². The molecule has 0 unspecified atom stereocenters. The van der Waals surface area contributed by atoms with Crippen molar-refractivity contribution in [3.63, 3.8) is 0 Å². The van der Waals surface area contributed by atoms with Crippen molar-refractivity contribution in [3.05, 3.63) is 58.5 Å². The van der Waals surface area contributed by atoms with Crippen LogP contribution in [0.1, 0.15) is 0 Å². The number of rotatable bonds is 4. The molecule has 0 amide bonds. The third kappa shape index (κ3) is 4.15. The van der Waals surface area contributed by atoms with E-state index in [1.165, 1.54) is 0 Å². The third-order valence-corrected chi connectivity index (χ3v) is 4.10. The first-order valence-corrected chi connectivity index (χ1v) is 8.75. The lowest BCUT2D eigenvalue weighted by atomic mass is 10.2. The molecule has 2 aromatic carbocycles. The summed E-state index contributed by atoms with van der Waals surface area (Å²) < 4.78 is 25.1. The highest BCUT2D eigenvalue weighted by atomic mass is 35.5. The van der Waals surface area contributed by atoms with Crippen LogP contribution < -0.4 is 20.1 Å². The molecule has 27 heavy (non-hydrogen) atoms. The van der Waals surface area contributed by atoms with Crippen LogP contribution in [-0.2, 0) is 0 Å². The number of hydrogen-bond acceptors (Lipinski definition) is 6. The lowest BCUT2D eigenvalue weighted by molar-refractivity contribution is 0.171. The van der Waals surface area contributed by atoms with Gasteiger partial charge in [0.15, 0.2) is 23.1 Å². The lowest BCUT2D eigenvalue weighted by Gasteiger charge is -2.19. The highest BCUT2D eigenvalue weighted by Gasteiger charge is 2.14. The molecule has 2 N–H and O–H groups in total. The minimum absolute atomic E-state index is 0.0114. The average Bonchev–Trinajstić information content (AvgIpc) is 2.63. The summed E-state index contributed by atoms with van der Waals surface area (Å²) in [7, 11) is 0. The Kier molecular flexibility index (Phi) is 4.87. The van der Waals surface area contributed by atoms with Crippen LogP contribution in [0.2, 0.25) is 10.0 Å². The van der Waals surface area contributed by atoms with Crippen LogP contribution >= 0.6 is 23.2 Å². The first-order valence-electron chi connectivity index (χ1n) is 7.99. The Morgan fingerprint density at radius 3 is 2.41 bits per heavy atom. The second kappa shape index (κ2) is 7.46. The molecule has 4 rings (SSSR count). The number of benzene rings is 2. The normalized spacial score (nSPS) is 12.6. The summed E-state index contributed by atoms with van der Waals surface area (Å²) in [6.07, 6.45) is 1.07. The van der Waals surface area contributed by atoms with E-state index in [0.717, 1.165) is 6.20 Å². The maximum atomic E-state index is 14.1. The van der Waals surface area contributed by atoms with E-state index in [-0.39, 0.29) is 11.8 Å². The smallest absolute Gasteiger partial charge is 0.229 e. The van der Waals surface area contributed by atoms with E-state index in [1.807, 2.05) is 0 Å². The topological polar surface area (TPSA) is 68.3 Å². The molecule has 1 aliphatic rings. The van der Waals surface area contributed by atoms with Gasteiger partial charge >= 0.3 is 0 Å². The zero-order chi connectivity index (χ0) is 18.8. The molecule has 0 spiro atoms. The molecule has 0 aliphatic carbocycles. The van der Waals surface area contributed by atoms with Gasteiger partial charge in [0.1, 0.15) is 13.2 Å². The second-order valence-electron chi connectivity index (χ2n) is 5.66. The fourth-order valence-electron chi connectivity index (χ4n) is 2.53. The van der Waals surface area contributed by atoms with Gasteiger partial charge in [0.05, 0.1) is 6.20 Å². The molecule has 1 aliphatic heterocycles. The van der Waals surface area contributed by atoms with Gasteiger partial charge in [0, 0.05) is 27.5 Å². The summed E-state index contributed by atoms with van der Waals surface area (Å²) in [5, 5.41) is 6.78. The summed E-state index contributed by atoms with van der Waals surface area (Å²) in [6, 6.07) is 10.2. The van der Waals surface area contributed by atoms with E-state index in [4.69, 9.17) is 32.7 Å². The molecule has 0 radical (unpaired) electrons. The minimum Gasteiger partial charge on any atom is -0.486 e. The van der Waals surface area contributed by atoms with Crippen molar-refractivity contribution in [2.75, 3.05) is 23.8 Å². The van der Waals surface area contributed by atoms with E-state index >= 15 is 0 Å². The summed E-state index contributed by atoms with van der Waals surface area (Å²) >= 11 is 12.0. The van der Waals surface area contributed by atoms with Gasteiger partial charge in [-0.3, -0.25) is 0 Å². The fraction of sp³-hybridized carbons (Fsp3) is 0.111. The van der Waals surface area contributed by atoms with Crippen molar-refractivity contribution >= 4 is 46.3 Å². The van der Waals surface area contributed by atoms with Gasteiger partial charge < -0.3 is 20.1 Å². The first kappa shape index (κ1) is 17.6. The quantitative estimate of drug-likeness (QED) is 0.621. The number of aromatic nitrogens is 2. The molecule has 1 aromatic heterocycles. The predicted molar refractivity (Wildman–Crippen MR) is 102 cm³/mol. The van der Waals surface area contributed by atoms with Crippen LogP contribution in [0, 0.1) is 5.82 Å². The summed E-state index contributed by atoms with van der Waals surface area (Å²) in [6.45, 7) is 0.970. The number of nitrogens with one attached hydrogen (secondary N) is 2. The Hall–Kier alpha value is -2.77. The molecule has 0 atom stereocenters. The molecule has 0 saturated carbocycles.